The van der Waals surface area contributed by atoms with Crippen LogP contribution < -0.4 is 15.4 Å². The summed E-state index contributed by atoms with van der Waals surface area (Å²) in [6, 6.07) is 7.09. The molecule has 0 saturated carbocycles. The molecule has 3 aromatic rings. The van der Waals surface area contributed by atoms with Crippen LogP contribution in [0.25, 0.3) is 10.7 Å². The lowest BCUT2D eigenvalue weighted by atomic mass is 10.2. The normalized spacial score (nSPS) is 16.2. The molecule has 1 aliphatic heterocycles. The Morgan fingerprint density at radius 2 is 2.03 bits per heavy atom. The van der Waals surface area contributed by atoms with Crippen molar-refractivity contribution in [3.8, 4) is 22.5 Å². The number of nitrogens with two attached hydrogens (primary N) is 1. The van der Waals surface area contributed by atoms with E-state index in [0.29, 0.717) is 48.0 Å². The van der Waals surface area contributed by atoms with Crippen molar-refractivity contribution in [2.45, 2.75) is 13.0 Å². The number of hydrogen-bond donors (Lipinski definition) is 1. The lowest BCUT2D eigenvalue weighted by Gasteiger charge is -2.33. The first-order valence-corrected chi connectivity index (χ1v) is 10.5. The number of rotatable bonds is 5. The zero-order chi connectivity index (χ0) is 22.0. The number of carbonyl (C=O) groups is 1. The van der Waals surface area contributed by atoms with Crippen LogP contribution in [-0.4, -0.2) is 70.6 Å². The summed E-state index contributed by atoms with van der Waals surface area (Å²) < 4.78 is 11.4. The summed E-state index contributed by atoms with van der Waals surface area (Å²) in [7, 11) is 3.42. The summed E-state index contributed by atoms with van der Waals surface area (Å²) >= 11 is 1.29. The largest absolute Gasteiger partial charge is 0.424 e. The Hall–Kier alpha value is -3.31. The summed E-state index contributed by atoms with van der Waals surface area (Å²) in [6.45, 7) is 3.90. The van der Waals surface area contributed by atoms with Crippen LogP contribution in [-0.2, 0) is 4.74 Å². The van der Waals surface area contributed by atoms with Crippen LogP contribution in [0.3, 0.4) is 0 Å². The molecule has 0 aliphatic carbocycles. The van der Waals surface area contributed by atoms with E-state index in [1.165, 1.54) is 16.2 Å². The molecule has 1 saturated heterocycles. The molecule has 162 valence electrons. The van der Waals surface area contributed by atoms with Gasteiger partial charge in [-0.05, 0) is 31.2 Å². The van der Waals surface area contributed by atoms with Gasteiger partial charge in [-0.25, -0.2) is 4.98 Å². The molecule has 0 unspecified atom stereocenters. The molecule has 3 heterocycles. The Morgan fingerprint density at radius 3 is 2.68 bits per heavy atom. The van der Waals surface area contributed by atoms with Crippen LogP contribution in [0, 0.1) is 0 Å². The lowest BCUT2D eigenvalue weighted by Crippen LogP contribution is -2.44. The van der Waals surface area contributed by atoms with E-state index in [-0.39, 0.29) is 18.0 Å². The molecule has 31 heavy (non-hydrogen) atoms. The molecule has 2 N–H and O–H groups in total. The molecule has 0 spiro atoms. The van der Waals surface area contributed by atoms with Crippen molar-refractivity contribution in [3.63, 3.8) is 0 Å². The van der Waals surface area contributed by atoms with Gasteiger partial charge in [0.15, 0.2) is 11.0 Å². The highest BCUT2D eigenvalue weighted by Crippen LogP contribution is 2.29. The number of nitrogens with zero attached hydrogens (tertiary/aromatic N) is 6. The van der Waals surface area contributed by atoms with Crippen LogP contribution in [0.15, 0.2) is 30.5 Å². The molecule has 10 nitrogen and oxygen atoms in total. The van der Waals surface area contributed by atoms with Crippen molar-refractivity contribution in [3.05, 3.63) is 36.0 Å². The molecular formula is C20H23N7O3S. The molecule has 0 bridgehead atoms. The van der Waals surface area contributed by atoms with Crippen LogP contribution in [0.1, 0.15) is 17.3 Å². The van der Waals surface area contributed by atoms with Crippen molar-refractivity contribution in [1.29, 1.82) is 0 Å². The van der Waals surface area contributed by atoms with E-state index in [2.05, 4.69) is 24.8 Å². The highest BCUT2D eigenvalue weighted by molar-refractivity contribution is 7.18. The molecule has 11 heteroatoms. The fourth-order valence-corrected chi connectivity index (χ4v) is 3.69. The van der Waals surface area contributed by atoms with Gasteiger partial charge in [0.05, 0.1) is 30.3 Å². The molecular weight excluding hydrogens is 418 g/mol. The Balaban J connectivity index is 1.66. The maximum absolute atomic E-state index is 12.1. The van der Waals surface area contributed by atoms with Gasteiger partial charge < -0.3 is 25.0 Å². The van der Waals surface area contributed by atoms with Crippen molar-refractivity contribution >= 4 is 28.3 Å². The summed E-state index contributed by atoms with van der Waals surface area (Å²) in [4.78, 5) is 34.1. The van der Waals surface area contributed by atoms with Gasteiger partial charge in [0.2, 0.25) is 5.95 Å². The number of aromatic nitrogens is 4. The average Bonchev–Trinajstić information content (AvgIpc) is 3.20. The van der Waals surface area contributed by atoms with Gasteiger partial charge in [-0.15, -0.1) is 0 Å². The zero-order valence-corrected chi connectivity index (χ0v) is 18.3. The molecule has 2 aromatic heterocycles. The second-order valence-corrected chi connectivity index (χ2v) is 8.31. The van der Waals surface area contributed by atoms with E-state index in [1.807, 2.05) is 6.92 Å². The first-order valence-electron chi connectivity index (χ1n) is 9.72. The van der Waals surface area contributed by atoms with Crippen LogP contribution in [0.2, 0.25) is 0 Å². The zero-order valence-electron chi connectivity index (χ0n) is 17.5. The maximum atomic E-state index is 12.1. The monoisotopic (exact) mass is 441 g/mol. The number of morpholine rings is 1. The first-order chi connectivity index (χ1) is 14.9. The van der Waals surface area contributed by atoms with Gasteiger partial charge in [0, 0.05) is 26.2 Å². The fourth-order valence-electron chi connectivity index (χ4n) is 3.07. The quantitative estimate of drug-likeness (QED) is 0.636. The van der Waals surface area contributed by atoms with Gasteiger partial charge in [0.25, 0.3) is 5.91 Å². The van der Waals surface area contributed by atoms with Crippen molar-refractivity contribution in [2.24, 2.45) is 0 Å². The van der Waals surface area contributed by atoms with Crippen LogP contribution in [0.4, 0.5) is 11.1 Å². The third-order valence-electron chi connectivity index (χ3n) is 4.69. The summed E-state index contributed by atoms with van der Waals surface area (Å²) in [5, 5.41) is 0.431. The third kappa shape index (κ3) is 4.72. The Kier molecular flexibility index (Phi) is 5.96. The number of amides is 1. The minimum atomic E-state index is -0.0830. The second kappa shape index (κ2) is 8.82. The van der Waals surface area contributed by atoms with E-state index in [0.717, 1.165) is 4.88 Å². The molecule has 0 radical (unpaired) electrons. The number of thiazole rings is 1. The topological polar surface area (TPSA) is 120 Å². The number of benzene rings is 1. The van der Waals surface area contributed by atoms with Crippen LogP contribution in [0.5, 0.6) is 11.8 Å². The standard InChI is InChI=1S/C20H23N7O3S/c1-12-11-29-9-8-27(12)19-23-16(15-10-22-18(21)31-15)24-20(25-19)30-14-6-4-13(5-7-14)17(28)26(2)3/h4-7,10,12H,8-9,11H2,1-3H3,(H2,21,22)/t12-/m1/s1. The first kappa shape index (κ1) is 20.9. The van der Waals surface area contributed by atoms with Gasteiger partial charge >= 0.3 is 6.01 Å². The van der Waals surface area contributed by atoms with Crippen molar-refractivity contribution < 1.29 is 14.3 Å². The molecule has 1 fully saturated rings. The number of nitrogen functional groups attached to an aromatic ring is 1. The fraction of sp³-hybridized carbons (Fsp3) is 0.350. The predicted molar refractivity (Wildman–Crippen MR) is 118 cm³/mol. The predicted octanol–water partition coefficient (Wildman–Crippen LogP) is 2.30. The highest BCUT2D eigenvalue weighted by atomic mass is 32.1. The third-order valence-corrected chi connectivity index (χ3v) is 5.51. The Labute approximate surface area is 183 Å². The van der Waals surface area contributed by atoms with Crippen molar-refractivity contribution in [1.82, 2.24) is 24.8 Å². The van der Waals surface area contributed by atoms with E-state index in [9.17, 15) is 4.79 Å². The van der Waals surface area contributed by atoms with Gasteiger partial charge in [-0.2, -0.15) is 15.0 Å². The molecule has 4 rings (SSSR count). The minimum absolute atomic E-state index is 0.0830. The van der Waals surface area contributed by atoms with Crippen molar-refractivity contribution in [2.75, 3.05) is 44.5 Å². The van der Waals surface area contributed by atoms with Gasteiger partial charge in [-0.1, -0.05) is 11.3 Å². The summed E-state index contributed by atoms with van der Waals surface area (Å²) in [5.74, 6) is 1.37. The van der Waals surface area contributed by atoms with E-state index in [4.69, 9.17) is 15.2 Å². The Morgan fingerprint density at radius 1 is 1.26 bits per heavy atom. The number of ether oxygens (including phenoxy) is 2. The molecule has 1 amide bonds. The van der Waals surface area contributed by atoms with Crippen LogP contribution >= 0.6 is 11.3 Å². The number of hydrogen-bond acceptors (Lipinski definition) is 10. The second-order valence-electron chi connectivity index (χ2n) is 7.25. The average molecular weight is 442 g/mol. The Bertz CT molecular complexity index is 1070. The lowest BCUT2D eigenvalue weighted by molar-refractivity contribution is 0.0827. The highest BCUT2D eigenvalue weighted by Gasteiger charge is 2.24. The van der Waals surface area contributed by atoms with E-state index < -0.39 is 0 Å². The summed E-state index contributed by atoms with van der Waals surface area (Å²) in [6.07, 6.45) is 1.63. The maximum Gasteiger partial charge on any atom is 0.327 e. The molecule has 1 aromatic carbocycles. The minimum Gasteiger partial charge on any atom is -0.424 e. The van der Waals surface area contributed by atoms with E-state index in [1.54, 1.807) is 44.6 Å². The number of carbonyl (C=O) groups excluding carboxylic acids is 1. The van der Waals surface area contributed by atoms with E-state index >= 15 is 0 Å². The molecule has 1 aliphatic rings. The summed E-state index contributed by atoms with van der Waals surface area (Å²) in [5.41, 5.74) is 6.35. The number of anilines is 2. The molecule has 1 atom stereocenters. The van der Waals surface area contributed by atoms with Gasteiger partial charge in [-0.3, -0.25) is 4.79 Å². The van der Waals surface area contributed by atoms with Gasteiger partial charge in [0.1, 0.15) is 5.75 Å². The smallest absolute Gasteiger partial charge is 0.327 e. The SMILES string of the molecule is C[C@@H]1COCCN1c1nc(Oc2ccc(C(=O)N(C)C)cc2)nc(-c2cnc(N)s2)n1.